The molecule has 1 saturated carbocycles. The monoisotopic (exact) mass is 275 g/mol. The van der Waals surface area contributed by atoms with E-state index in [9.17, 15) is 5.11 Å². The fourth-order valence-corrected chi connectivity index (χ4v) is 3.59. The molecule has 0 aliphatic heterocycles. The van der Waals surface area contributed by atoms with Crippen molar-refractivity contribution in [2.24, 2.45) is 17.8 Å². The van der Waals surface area contributed by atoms with Crippen LogP contribution in [0.2, 0.25) is 0 Å². The van der Waals surface area contributed by atoms with Gasteiger partial charge in [-0.2, -0.15) is 0 Å². The number of hydrogen-bond donors (Lipinski definition) is 2. The van der Waals surface area contributed by atoms with Crippen LogP contribution in [0.1, 0.15) is 51.6 Å². The van der Waals surface area contributed by atoms with Crippen molar-refractivity contribution in [1.29, 1.82) is 0 Å². The minimum Gasteiger partial charge on any atom is -0.394 e. The van der Waals surface area contributed by atoms with Gasteiger partial charge in [0.1, 0.15) is 0 Å². The summed E-state index contributed by atoms with van der Waals surface area (Å²) in [6.45, 7) is 7.17. The average Bonchev–Trinajstić information content (AvgIpc) is 2.45. The summed E-state index contributed by atoms with van der Waals surface area (Å²) in [5.41, 5.74) is 1.19. The lowest BCUT2D eigenvalue weighted by molar-refractivity contribution is 0.140. The number of hydrogen-bond acceptors (Lipinski definition) is 2. The van der Waals surface area contributed by atoms with Gasteiger partial charge in [-0.15, -0.1) is 0 Å². The van der Waals surface area contributed by atoms with Crippen LogP contribution in [0.4, 0.5) is 0 Å². The van der Waals surface area contributed by atoms with Gasteiger partial charge in [0.2, 0.25) is 0 Å². The second-order valence-electron chi connectivity index (χ2n) is 6.75. The summed E-state index contributed by atoms with van der Waals surface area (Å²) in [5, 5.41) is 13.5. The van der Waals surface area contributed by atoms with E-state index >= 15 is 0 Å². The van der Waals surface area contributed by atoms with E-state index in [1.54, 1.807) is 0 Å². The highest BCUT2D eigenvalue weighted by atomic mass is 16.3. The quantitative estimate of drug-likeness (QED) is 0.857. The number of rotatable bonds is 5. The van der Waals surface area contributed by atoms with Gasteiger partial charge in [0.25, 0.3) is 0 Å². The molecule has 0 radical (unpaired) electrons. The SMILES string of the molecule is CC1CCC(C(C)C)C(N[C@H](CO)c2ccccc2)C1. The molecule has 112 valence electrons. The van der Waals surface area contributed by atoms with Gasteiger partial charge < -0.3 is 10.4 Å². The molecule has 0 saturated heterocycles. The molecule has 2 N–H and O–H groups in total. The van der Waals surface area contributed by atoms with Gasteiger partial charge in [-0.3, -0.25) is 0 Å². The first-order valence-electron chi connectivity index (χ1n) is 8.03. The minimum atomic E-state index is 0.0627. The van der Waals surface area contributed by atoms with Crippen molar-refractivity contribution >= 4 is 0 Å². The van der Waals surface area contributed by atoms with E-state index in [1.165, 1.54) is 24.8 Å². The Hall–Kier alpha value is -0.860. The summed E-state index contributed by atoms with van der Waals surface area (Å²) >= 11 is 0. The maximum atomic E-state index is 9.74. The molecule has 4 atom stereocenters. The largest absolute Gasteiger partial charge is 0.394 e. The summed E-state index contributed by atoms with van der Waals surface area (Å²) in [6.07, 6.45) is 3.88. The zero-order valence-corrected chi connectivity index (χ0v) is 13.0. The van der Waals surface area contributed by atoms with Crippen LogP contribution in [0.25, 0.3) is 0 Å². The van der Waals surface area contributed by atoms with Crippen molar-refractivity contribution in [3.05, 3.63) is 35.9 Å². The molecule has 2 heteroatoms. The second kappa shape index (κ2) is 7.24. The molecule has 0 bridgehead atoms. The van der Waals surface area contributed by atoms with E-state index in [0.717, 1.165) is 11.8 Å². The van der Waals surface area contributed by atoms with Crippen molar-refractivity contribution in [2.45, 2.75) is 52.1 Å². The number of aliphatic hydroxyl groups is 1. The normalized spacial score (nSPS) is 28.6. The Balaban J connectivity index is 2.08. The van der Waals surface area contributed by atoms with Gasteiger partial charge in [-0.25, -0.2) is 0 Å². The Morgan fingerprint density at radius 3 is 2.50 bits per heavy atom. The minimum absolute atomic E-state index is 0.0627. The van der Waals surface area contributed by atoms with Crippen molar-refractivity contribution in [3.8, 4) is 0 Å². The van der Waals surface area contributed by atoms with E-state index in [2.05, 4.69) is 38.2 Å². The van der Waals surface area contributed by atoms with Crippen LogP contribution in [-0.2, 0) is 0 Å². The third-order valence-corrected chi connectivity index (χ3v) is 4.82. The summed E-state index contributed by atoms with van der Waals surface area (Å²) in [6, 6.07) is 10.9. The van der Waals surface area contributed by atoms with Crippen LogP contribution >= 0.6 is 0 Å². The molecule has 1 aromatic carbocycles. The van der Waals surface area contributed by atoms with E-state index in [0.29, 0.717) is 12.0 Å². The predicted molar refractivity (Wildman–Crippen MR) is 84.5 cm³/mol. The van der Waals surface area contributed by atoms with Crippen molar-refractivity contribution < 1.29 is 5.11 Å². The highest BCUT2D eigenvalue weighted by Gasteiger charge is 2.32. The van der Waals surface area contributed by atoms with Crippen molar-refractivity contribution in [1.82, 2.24) is 5.32 Å². The molecule has 0 spiro atoms. The van der Waals surface area contributed by atoms with E-state index in [1.807, 2.05) is 18.2 Å². The predicted octanol–water partition coefficient (Wildman–Crippen LogP) is 3.77. The molecule has 1 fully saturated rings. The Labute approximate surface area is 123 Å². The molecule has 1 aliphatic rings. The fraction of sp³-hybridized carbons (Fsp3) is 0.667. The number of aliphatic hydroxyl groups excluding tert-OH is 1. The van der Waals surface area contributed by atoms with Crippen LogP contribution in [0.3, 0.4) is 0 Å². The van der Waals surface area contributed by atoms with Crippen LogP contribution < -0.4 is 5.32 Å². The first kappa shape index (κ1) is 15.5. The average molecular weight is 275 g/mol. The summed E-state index contributed by atoms with van der Waals surface area (Å²) in [7, 11) is 0. The van der Waals surface area contributed by atoms with E-state index in [4.69, 9.17) is 0 Å². The molecule has 3 unspecified atom stereocenters. The van der Waals surface area contributed by atoms with Crippen molar-refractivity contribution in [2.75, 3.05) is 6.61 Å². The van der Waals surface area contributed by atoms with Gasteiger partial charge in [0, 0.05) is 6.04 Å². The zero-order valence-electron chi connectivity index (χ0n) is 13.0. The molecular formula is C18H29NO. The third kappa shape index (κ3) is 3.83. The van der Waals surface area contributed by atoms with Crippen LogP contribution in [0.5, 0.6) is 0 Å². The first-order chi connectivity index (χ1) is 9.61. The smallest absolute Gasteiger partial charge is 0.0626 e. The number of benzene rings is 1. The molecule has 0 heterocycles. The summed E-state index contributed by atoms with van der Waals surface area (Å²) in [5.74, 6) is 2.22. The van der Waals surface area contributed by atoms with Gasteiger partial charge in [0.05, 0.1) is 12.6 Å². The lowest BCUT2D eigenvalue weighted by Crippen LogP contribution is -2.45. The molecule has 0 amide bonds. The molecular weight excluding hydrogens is 246 g/mol. The van der Waals surface area contributed by atoms with Gasteiger partial charge >= 0.3 is 0 Å². The topological polar surface area (TPSA) is 32.3 Å². The highest BCUT2D eigenvalue weighted by molar-refractivity contribution is 5.19. The Morgan fingerprint density at radius 1 is 1.20 bits per heavy atom. The molecule has 2 nitrogen and oxygen atoms in total. The molecule has 2 rings (SSSR count). The highest BCUT2D eigenvalue weighted by Crippen LogP contribution is 2.34. The molecule has 0 aromatic heterocycles. The molecule has 1 aromatic rings. The van der Waals surface area contributed by atoms with E-state index in [-0.39, 0.29) is 12.6 Å². The number of nitrogens with one attached hydrogen (secondary N) is 1. The summed E-state index contributed by atoms with van der Waals surface area (Å²) in [4.78, 5) is 0. The zero-order chi connectivity index (χ0) is 14.5. The third-order valence-electron chi connectivity index (χ3n) is 4.82. The second-order valence-corrected chi connectivity index (χ2v) is 6.75. The fourth-order valence-electron chi connectivity index (χ4n) is 3.59. The maximum Gasteiger partial charge on any atom is 0.0626 e. The molecule has 20 heavy (non-hydrogen) atoms. The van der Waals surface area contributed by atoms with E-state index < -0.39 is 0 Å². The summed E-state index contributed by atoms with van der Waals surface area (Å²) < 4.78 is 0. The first-order valence-corrected chi connectivity index (χ1v) is 8.03. The van der Waals surface area contributed by atoms with Crippen LogP contribution in [0.15, 0.2) is 30.3 Å². The molecule has 1 aliphatic carbocycles. The standard InChI is InChI=1S/C18H29NO/c1-13(2)16-10-9-14(3)11-17(16)19-18(12-20)15-7-5-4-6-8-15/h4-8,13-14,16-20H,9-12H2,1-3H3/t14?,16?,17?,18-/m1/s1. The lowest BCUT2D eigenvalue weighted by Gasteiger charge is -2.39. The van der Waals surface area contributed by atoms with Crippen LogP contribution in [0, 0.1) is 17.8 Å². The van der Waals surface area contributed by atoms with Gasteiger partial charge in [-0.1, -0.05) is 57.5 Å². The Kier molecular flexibility index (Phi) is 5.62. The lowest BCUT2D eigenvalue weighted by atomic mass is 9.73. The van der Waals surface area contributed by atoms with Gasteiger partial charge in [-0.05, 0) is 36.2 Å². The van der Waals surface area contributed by atoms with Gasteiger partial charge in [0.15, 0.2) is 0 Å². The Morgan fingerprint density at radius 2 is 1.90 bits per heavy atom. The maximum absolute atomic E-state index is 9.74. The van der Waals surface area contributed by atoms with Crippen molar-refractivity contribution in [3.63, 3.8) is 0 Å². The van der Waals surface area contributed by atoms with Crippen LogP contribution in [-0.4, -0.2) is 17.8 Å². The Bertz CT molecular complexity index is 390.